The zero-order valence-electron chi connectivity index (χ0n) is 8.82. The number of hydrogen-bond acceptors (Lipinski definition) is 3. The van der Waals surface area contributed by atoms with Crippen molar-refractivity contribution in [2.45, 2.75) is 0 Å². The first-order valence-electron chi connectivity index (χ1n) is 4.81. The topological polar surface area (TPSA) is 54.9 Å². The Hall–Kier alpha value is -1.36. The standard InChI is InChI=1S/C11H6Cl3N3O/c12-7-3-1-2-6(8(7)13)11(18)17-10-9(14)15-4-5-16-10/h1-5H,(H,16,17,18). The number of carbonyl (C=O) groups is 1. The van der Waals surface area contributed by atoms with Gasteiger partial charge in [0.25, 0.3) is 5.91 Å². The molecule has 0 aliphatic heterocycles. The van der Waals surface area contributed by atoms with E-state index in [1.165, 1.54) is 12.4 Å². The largest absolute Gasteiger partial charge is 0.304 e. The lowest BCUT2D eigenvalue weighted by atomic mass is 10.2. The highest BCUT2D eigenvalue weighted by atomic mass is 35.5. The molecule has 0 aliphatic carbocycles. The minimum absolute atomic E-state index is 0.101. The second-order valence-corrected chi connectivity index (χ2v) is 4.39. The number of anilines is 1. The van der Waals surface area contributed by atoms with Gasteiger partial charge in [-0.2, -0.15) is 0 Å². The van der Waals surface area contributed by atoms with Crippen molar-refractivity contribution in [2.24, 2.45) is 0 Å². The number of halogens is 3. The second-order valence-electron chi connectivity index (χ2n) is 3.25. The van der Waals surface area contributed by atoms with Gasteiger partial charge in [0, 0.05) is 12.4 Å². The van der Waals surface area contributed by atoms with Crippen LogP contribution in [0.15, 0.2) is 30.6 Å². The van der Waals surface area contributed by atoms with Gasteiger partial charge in [0.15, 0.2) is 11.0 Å². The summed E-state index contributed by atoms with van der Waals surface area (Å²) in [6, 6.07) is 4.77. The molecule has 0 spiro atoms. The number of nitrogens with one attached hydrogen (secondary N) is 1. The van der Waals surface area contributed by atoms with Gasteiger partial charge in [0.1, 0.15) is 0 Å². The Balaban J connectivity index is 2.28. The molecule has 2 rings (SSSR count). The maximum atomic E-state index is 12.0. The number of aromatic nitrogens is 2. The summed E-state index contributed by atoms with van der Waals surface area (Å²) >= 11 is 17.5. The molecule has 92 valence electrons. The lowest BCUT2D eigenvalue weighted by Gasteiger charge is -2.07. The molecule has 7 heteroatoms. The Bertz CT molecular complexity index is 604. The number of benzene rings is 1. The van der Waals surface area contributed by atoms with Crippen LogP contribution in [0.25, 0.3) is 0 Å². The van der Waals surface area contributed by atoms with Crippen molar-refractivity contribution >= 4 is 46.5 Å². The van der Waals surface area contributed by atoms with Crippen molar-refractivity contribution in [3.63, 3.8) is 0 Å². The molecule has 18 heavy (non-hydrogen) atoms. The van der Waals surface area contributed by atoms with Crippen molar-refractivity contribution < 1.29 is 4.79 Å². The molecule has 0 saturated heterocycles. The molecule has 0 radical (unpaired) electrons. The maximum absolute atomic E-state index is 12.0. The van der Waals surface area contributed by atoms with Gasteiger partial charge in [-0.1, -0.05) is 40.9 Å². The van der Waals surface area contributed by atoms with Gasteiger partial charge in [0.05, 0.1) is 15.6 Å². The molecule has 1 amide bonds. The second kappa shape index (κ2) is 5.52. The number of rotatable bonds is 2. The molecule has 2 aromatic rings. The summed E-state index contributed by atoms with van der Waals surface area (Å²) in [6.07, 6.45) is 2.84. The molecule has 0 unspecified atom stereocenters. The predicted octanol–water partition coefficient (Wildman–Crippen LogP) is 3.69. The maximum Gasteiger partial charge on any atom is 0.258 e. The molecule has 0 fully saturated rings. The third-order valence-corrected chi connectivity index (χ3v) is 3.18. The molecule has 1 N–H and O–H groups in total. The number of amides is 1. The van der Waals surface area contributed by atoms with E-state index in [4.69, 9.17) is 34.8 Å². The molecular formula is C11H6Cl3N3O. The van der Waals surface area contributed by atoms with E-state index in [1.807, 2.05) is 0 Å². The highest BCUT2D eigenvalue weighted by molar-refractivity contribution is 6.44. The zero-order chi connectivity index (χ0) is 13.1. The first-order chi connectivity index (χ1) is 8.59. The van der Waals surface area contributed by atoms with Crippen LogP contribution in [-0.4, -0.2) is 15.9 Å². The predicted molar refractivity (Wildman–Crippen MR) is 71.5 cm³/mol. The van der Waals surface area contributed by atoms with Crippen LogP contribution in [0, 0.1) is 0 Å². The summed E-state index contributed by atoms with van der Waals surface area (Å²) in [7, 11) is 0. The Morgan fingerprint density at radius 1 is 1.11 bits per heavy atom. The highest BCUT2D eigenvalue weighted by Crippen LogP contribution is 2.26. The third kappa shape index (κ3) is 2.72. The average molecular weight is 303 g/mol. The van der Waals surface area contributed by atoms with Crippen LogP contribution < -0.4 is 5.32 Å². The molecule has 1 heterocycles. The Morgan fingerprint density at radius 2 is 1.83 bits per heavy atom. The van der Waals surface area contributed by atoms with Crippen molar-refractivity contribution in [2.75, 3.05) is 5.32 Å². The van der Waals surface area contributed by atoms with E-state index >= 15 is 0 Å². The summed E-state index contributed by atoms with van der Waals surface area (Å²) in [5.74, 6) is -0.287. The Morgan fingerprint density at radius 3 is 2.56 bits per heavy atom. The van der Waals surface area contributed by atoms with E-state index in [0.29, 0.717) is 5.02 Å². The van der Waals surface area contributed by atoms with E-state index in [2.05, 4.69) is 15.3 Å². The van der Waals surface area contributed by atoms with Gasteiger partial charge >= 0.3 is 0 Å². The highest BCUT2D eigenvalue weighted by Gasteiger charge is 2.14. The third-order valence-electron chi connectivity index (χ3n) is 2.08. The van der Waals surface area contributed by atoms with Crippen molar-refractivity contribution in [3.05, 3.63) is 51.4 Å². The first kappa shape index (κ1) is 13.1. The molecule has 1 aromatic heterocycles. The average Bonchev–Trinajstić information content (AvgIpc) is 2.35. The van der Waals surface area contributed by atoms with Crippen LogP contribution >= 0.6 is 34.8 Å². The number of carbonyl (C=O) groups excluding carboxylic acids is 1. The van der Waals surface area contributed by atoms with Gasteiger partial charge in [-0.15, -0.1) is 0 Å². The minimum atomic E-state index is -0.454. The van der Waals surface area contributed by atoms with Crippen LogP contribution in [0.2, 0.25) is 15.2 Å². The van der Waals surface area contributed by atoms with Crippen LogP contribution in [-0.2, 0) is 0 Å². The molecule has 1 aromatic carbocycles. The Labute approximate surface area is 118 Å². The van der Waals surface area contributed by atoms with Gasteiger partial charge in [-0.3, -0.25) is 4.79 Å². The van der Waals surface area contributed by atoms with Crippen LogP contribution in [0.5, 0.6) is 0 Å². The summed E-state index contributed by atoms with van der Waals surface area (Å²) in [4.78, 5) is 19.6. The minimum Gasteiger partial charge on any atom is -0.304 e. The fraction of sp³-hybridized carbons (Fsp3) is 0. The molecule has 0 aliphatic rings. The fourth-order valence-electron chi connectivity index (χ4n) is 1.26. The normalized spacial score (nSPS) is 10.2. The SMILES string of the molecule is O=C(Nc1nccnc1Cl)c1cccc(Cl)c1Cl. The summed E-state index contributed by atoms with van der Waals surface area (Å²) in [6.45, 7) is 0. The van der Waals surface area contributed by atoms with Crippen LogP contribution in [0.4, 0.5) is 5.82 Å². The lowest BCUT2D eigenvalue weighted by Crippen LogP contribution is -2.14. The quantitative estimate of drug-likeness (QED) is 0.920. The van der Waals surface area contributed by atoms with E-state index < -0.39 is 5.91 Å². The van der Waals surface area contributed by atoms with E-state index in [9.17, 15) is 4.79 Å². The number of hydrogen-bond donors (Lipinski definition) is 1. The van der Waals surface area contributed by atoms with E-state index in [0.717, 1.165) is 0 Å². The van der Waals surface area contributed by atoms with E-state index in [-0.39, 0.29) is 21.6 Å². The van der Waals surface area contributed by atoms with Gasteiger partial charge in [-0.25, -0.2) is 9.97 Å². The van der Waals surface area contributed by atoms with Gasteiger partial charge in [-0.05, 0) is 12.1 Å². The molecule has 0 atom stereocenters. The summed E-state index contributed by atoms with van der Waals surface area (Å²) < 4.78 is 0. The van der Waals surface area contributed by atoms with Crippen LogP contribution in [0.1, 0.15) is 10.4 Å². The molecule has 4 nitrogen and oxygen atoms in total. The number of nitrogens with zero attached hydrogens (tertiary/aromatic N) is 2. The van der Waals surface area contributed by atoms with Crippen molar-refractivity contribution in [1.29, 1.82) is 0 Å². The zero-order valence-corrected chi connectivity index (χ0v) is 11.1. The smallest absolute Gasteiger partial charge is 0.258 e. The fourth-order valence-corrected chi connectivity index (χ4v) is 1.80. The first-order valence-corrected chi connectivity index (χ1v) is 5.95. The summed E-state index contributed by atoms with van der Waals surface area (Å²) in [5, 5.41) is 3.09. The van der Waals surface area contributed by atoms with E-state index in [1.54, 1.807) is 18.2 Å². The van der Waals surface area contributed by atoms with Crippen LogP contribution in [0.3, 0.4) is 0 Å². The summed E-state index contributed by atoms with van der Waals surface area (Å²) in [5.41, 5.74) is 0.242. The molecule has 0 saturated carbocycles. The Kier molecular flexibility index (Phi) is 4.01. The van der Waals surface area contributed by atoms with Gasteiger partial charge in [0.2, 0.25) is 0 Å². The molecular weight excluding hydrogens is 296 g/mol. The lowest BCUT2D eigenvalue weighted by molar-refractivity contribution is 0.102. The van der Waals surface area contributed by atoms with Gasteiger partial charge < -0.3 is 5.32 Å². The van der Waals surface area contributed by atoms with Crippen molar-refractivity contribution in [3.8, 4) is 0 Å². The molecule has 0 bridgehead atoms. The monoisotopic (exact) mass is 301 g/mol. The van der Waals surface area contributed by atoms with Crippen molar-refractivity contribution in [1.82, 2.24) is 9.97 Å².